The third-order valence-corrected chi connectivity index (χ3v) is 2.49. The number of amides is 1. The van der Waals surface area contributed by atoms with Crippen LogP contribution in [0.25, 0.3) is 6.08 Å². The molecule has 0 spiro atoms. The molecule has 1 aliphatic heterocycles. The van der Waals surface area contributed by atoms with E-state index < -0.39 is 17.8 Å². The topological polar surface area (TPSA) is 29.5 Å². The second-order valence-electron chi connectivity index (χ2n) is 3.95. The molecule has 0 N–H and O–H groups in total. The minimum atomic E-state index is -4.34. The van der Waals surface area contributed by atoms with Crippen molar-refractivity contribution in [3.63, 3.8) is 0 Å². The highest BCUT2D eigenvalue weighted by Gasteiger charge is 2.30. The van der Waals surface area contributed by atoms with Crippen molar-refractivity contribution in [3.8, 4) is 0 Å². The number of carbonyl (C=O) groups excluding carboxylic acids is 1. The van der Waals surface area contributed by atoms with Gasteiger partial charge in [0.1, 0.15) is 5.76 Å². The Hall–Kier alpha value is -1.98. The lowest BCUT2D eigenvalue weighted by molar-refractivity contribution is -0.137. The van der Waals surface area contributed by atoms with Gasteiger partial charge in [-0.05, 0) is 23.8 Å². The van der Waals surface area contributed by atoms with Crippen LogP contribution in [-0.4, -0.2) is 24.6 Å². The zero-order valence-corrected chi connectivity index (χ0v) is 9.49. The second kappa shape index (κ2) is 4.36. The van der Waals surface area contributed by atoms with Crippen LogP contribution < -0.4 is 0 Å². The van der Waals surface area contributed by atoms with Crippen molar-refractivity contribution in [1.29, 1.82) is 0 Å². The molecule has 2 rings (SSSR count). The third-order valence-electron chi connectivity index (χ3n) is 2.49. The molecule has 1 heterocycles. The molecule has 96 valence electrons. The van der Waals surface area contributed by atoms with Crippen molar-refractivity contribution in [1.82, 2.24) is 4.90 Å². The summed E-state index contributed by atoms with van der Waals surface area (Å²) in [5, 5.41) is 0. The van der Waals surface area contributed by atoms with Gasteiger partial charge in [-0.2, -0.15) is 13.2 Å². The number of hydrogen-bond acceptors (Lipinski definition) is 2. The van der Waals surface area contributed by atoms with Gasteiger partial charge in [-0.3, -0.25) is 0 Å². The SMILES string of the molecule is CN1C/C(=C/c2ccc(C(F)(F)F)cc2)OC1=O. The van der Waals surface area contributed by atoms with Gasteiger partial charge in [-0.25, -0.2) is 4.79 Å². The van der Waals surface area contributed by atoms with Crippen LogP contribution in [0.4, 0.5) is 18.0 Å². The normalized spacial score (nSPS) is 18.3. The summed E-state index contributed by atoms with van der Waals surface area (Å²) in [5.41, 5.74) is -0.147. The van der Waals surface area contributed by atoms with E-state index in [1.165, 1.54) is 17.0 Å². The smallest absolute Gasteiger partial charge is 0.413 e. The molecule has 0 unspecified atom stereocenters. The van der Waals surface area contributed by atoms with E-state index in [1.54, 1.807) is 13.1 Å². The molecule has 0 saturated carbocycles. The van der Waals surface area contributed by atoms with Crippen molar-refractivity contribution in [2.45, 2.75) is 6.18 Å². The first-order valence-electron chi connectivity index (χ1n) is 5.17. The van der Waals surface area contributed by atoms with E-state index in [-0.39, 0.29) is 0 Å². The minimum Gasteiger partial charge on any atom is -0.413 e. The highest BCUT2D eigenvalue weighted by atomic mass is 19.4. The van der Waals surface area contributed by atoms with Crippen LogP contribution in [0, 0.1) is 0 Å². The lowest BCUT2D eigenvalue weighted by Crippen LogP contribution is -2.17. The van der Waals surface area contributed by atoms with Gasteiger partial charge in [-0.1, -0.05) is 12.1 Å². The number of rotatable bonds is 1. The summed E-state index contributed by atoms with van der Waals surface area (Å²) in [7, 11) is 1.58. The maximum absolute atomic E-state index is 12.3. The standard InChI is InChI=1S/C12H10F3NO2/c1-16-7-10(18-11(16)17)6-8-2-4-9(5-3-8)12(13,14)15/h2-6H,7H2,1H3/b10-6-. The van der Waals surface area contributed by atoms with Gasteiger partial charge >= 0.3 is 12.3 Å². The highest BCUT2D eigenvalue weighted by Crippen LogP contribution is 2.29. The van der Waals surface area contributed by atoms with E-state index >= 15 is 0 Å². The molecule has 0 aliphatic carbocycles. The molecule has 0 atom stereocenters. The maximum atomic E-state index is 12.3. The zero-order chi connectivity index (χ0) is 13.3. The molecular weight excluding hydrogens is 247 g/mol. The summed E-state index contributed by atoms with van der Waals surface area (Å²) in [5.74, 6) is 0.419. The Morgan fingerprint density at radius 2 is 1.89 bits per heavy atom. The van der Waals surface area contributed by atoms with Crippen LogP contribution in [0.15, 0.2) is 30.0 Å². The number of nitrogens with zero attached hydrogens (tertiary/aromatic N) is 1. The third kappa shape index (κ3) is 2.64. The molecule has 6 heteroatoms. The summed E-state index contributed by atoms with van der Waals surface area (Å²) in [6, 6.07) is 4.66. The molecular formula is C12H10F3NO2. The summed E-state index contributed by atoms with van der Waals surface area (Å²) in [6.07, 6.45) is -3.26. The Bertz CT molecular complexity index is 491. The second-order valence-corrected chi connectivity index (χ2v) is 3.95. The van der Waals surface area contributed by atoms with E-state index in [0.717, 1.165) is 12.1 Å². The van der Waals surface area contributed by atoms with Crippen molar-refractivity contribution >= 4 is 12.2 Å². The molecule has 18 heavy (non-hydrogen) atoms. The molecule has 1 saturated heterocycles. The van der Waals surface area contributed by atoms with E-state index in [4.69, 9.17) is 4.74 Å². The molecule has 0 radical (unpaired) electrons. The summed E-state index contributed by atoms with van der Waals surface area (Å²) in [4.78, 5) is 12.4. The van der Waals surface area contributed by atoms with Crippen molar-refractivity contribution < 1.29 is 22.7 Å². The van der Waals surface area contributed by atoms with Crippen molar-refractivity contribution in [2.75, 3.05) is 13.6 Å². The molecule has 1 amide bonds. The number of halogens is 3. The lowest BCUT2D eigenvalue weighted by Gasteiger charge is -2.06. The number of ether oxygens (including phenoxy) is 1. The first kappa shape index (κ1) is 12.5. The van der Waals surface area contributed by atoms with E-state index in [0.29, 0.717) is 17.9 Å². The van der Waals surface area contributed by atoms with Gasteiger partial charge in [0.05, 0.1) is 12.1 Å². The highest BCUT2D eigenvalue weighted by molar-refractivity contribution is 5.73. The van der Waals surface area contributed by atoms with Crippen molar-refractivity contribution in [3.05, 3.63) is 41.2 Å². The molecule has 0 aromatic heterocycles. The fourth-order valence-electron chi connectivity index (χ4n) is 1.55. The number of carbonyl (C=O) groups is 1. The quantitative estimate of drug-likeness (QED) is 0.773. The first-order valence-corrected chi connectivity index (χ1v) is 5.17. The zero-order valence-electron chi connectivity index (χ0n) is 9.49. The lowest BCUT2D eigenvalue weighted by atomic mass is 10.1. The van der Waals surface area contributed by atoms with Crippen LogP contribution in [0.1, 0.15) is 11.1 Å². The summed E-state index contributed by atoms with van der Waals surface area (Å²) >= 11 is 0. The maximum Gasteiger partial charge on any atom is 0.416 e. The van der Waals surface area contributed by atoms with Crippen LogP contribution in [-0.2, 0) is 10.9 Å². The molecule has 1 aromatic rings. The van der Waals surface area contributed by atoms with Crippen LogP contribution in [0.2, 0.25) is 0 Å². The molecule has 1 fully saturated rings. The fourth-order valence-corrected chi connectivity index (χ4v) is 1.55. The number of benzene rings is 1. The predicted molar refractivity (Wildman–Crippen MR) is 58.5 cm³/mol. The van der Waals surface area contributed by atoms with E-state index in [1.807, 2.05) is 0 Å². The Kier molecular flexibility index (Phi) is 3.02. The van der Waals surface area contributed by atoms with Gasteiger partial charge in [-0.15, -0.1) is 0 Å². The van der Waals surface area contributed by atoms with Crippen LogP contribution in [0.5, 0.6) is 0 Å². The number of likely N-dealkylation sites (N-methyl/N-ethyl adjacent to an activating group) is 1. The Labute approximate surface area is 101 Å². The van der Waals surface area contributed by atoms with Crippen LogP contribution in [0.3, 0.4) is 0 Å². The van der Waals surface area contributed by atoms with Gasteiger partial charge < -0.3 is 9.64 Å². The average Bonchev–Trinajstić information content (AvgIpc) is 2.57. The minimum absolute atomic E-state index is 0.319. The molecule has 3 nitrogen and oxygen atoms in total. The number of cyclic esters (lactones) is 1. The molecule has 0 bridgehead atoms. The van der Waals surface area contributed by atoms with Crippen molar-refractivity contribution in [2.24, 2.45) is 0 Å². The Morgan fingerprint density at radius 1 is 1.28 bits per heavy atom. The Morgan fingerprint density at radius 3 is 2.33 bits per heavy atom. The van der Waals surface area contributed by atoms with Gasteiger partial charge in [0.15, 0.2) is 0 Å². The summed E-state index contributed by atoms with van der Waals surface area (Å²) in [6.45, 7) is 0.319. The largest absolute Gasteiger partial charge is 0.416 e. The van der Waals surface area contributed by atoms with Gasteiger partial charge in [0, 0.05) is 7.05 Å². The van der Waals surface area contributed by atoms with Gasteiger partial charge in [0.2, 0.25) is 0 Å². The first-order chi connectivity index (χ1) is 8.36. The van der Waals surface area contributed by atoms with Crippen LogP contribution >= 0.6 is 0 Å². The molecule has 1 aromatic carbocycles. The predicted octanol–water partition coefficient (Wildman–Crippen LogP) is 3.13. The number of hydrogen-bond donors (Lipinski definition) is 0. The average molecular weight is 257 g/mol. The Balaban J connectivity index is 2.17. The summed E-state index contributed by atoms with van der Waals surface area (Å²) < 4.78 is 41.9. The number of alkyl halides is 3. The monoisotopic (exact) mass is 257 g/mol. The fraction of sp³-hybridized carbons (Fsp3) is 0.250. The van der Waals surface area contributed by atoms with Gasteiger partial charge in [0.25, 0.3) is 0 Å². The molecule has 1 aliphatic rings. The van der Waals surface area contributed by atoms with E-state index in [9.17, 15) is 18.0 Å². The van der Waals surface area contributed by atoms with E-state index in [2.05, 4.69) is 0 Å².